The molecule has 0 atom stereocenters. The predicted molar refractivity (Wildman–Crippen MR) is 49.7 cm³/mol. The molecule has 11 heavy (non-hydrogen) atoms. The highest BCUT2D eigenvalue weighted by molar-refractivity contribution is 7.81. The lowest BCUT2D eigenvalue weighted by molar-refractivity contribution is -0.115. The van der Waals surface area contributed by atoms with E-state index in [1.54, 1.807) is 6.20 Å². The van der Waals surface area contributed by atoms with Gasteiger partial charge in [-0.2, -0.15) is 12.6 Å². The average Bonchev–Trinajstić information content (AvgIpc) is 2.35. The lowest BCUT2D eigenvalue weighted by Gasteiger charge is -1.89. The molecule has 0 aliphatic heterocycles. The van der Waals surface area contributed by atoms with Gasteiger partial charge >= 0.3 is 0 Å². The summed E-state index contributed by atoms with van der Waals surface area (Å²) >= 11 is 10.8. The summed E-state index contributed by atoms with van der Waals surface area (Å²) in [5.41, 5.74) is 0. The molecule has 0 saturated heterocycles. The Morgan fingerprint density at radius 2 is 2.55 bits per heavy atom. The Kier molecular flexibility index (Phi) is 3.36. The van der Waals surface area contributed by atoms with E-state index in [4.69, 9.17) is 11.6 Å². The summed E-state index contributed by atoms with van der Waals surface area (Å²) in [5, 5.41) is 0.758. The number of hydrogen-bond acceptors (Lipinski definition) is 4. The maximum absolute atomic E-state index is 10.8. The van der Waals surface area contributed by atoms with E-state index in [0.717, 1.165) is 5.01 Å². The standard InChI is InChI=1S/C6H6ClNOS2/c7-5-2-8-6(11-5)1-4(9)3-10/h2,10H,1,3H2. The van der Waals surface area contributed by atoms with Gasteiger partial charge in [-0.15, -0.1) is 11.3 Å². The van der Waals surface area contributed by atoms with Crippen LogP contribution in [-0.2, 0) is 11.2 Å². The van der Waals surface area contributed by atoms with Crippen LogP contribution in [0.3, 0.4) is 0 Å². The van der Waals surface area contributed by atoms with Crippen molar-refractivity contribution in [2.75, 3.05) is 5.75 Å². The van der Waals surface area contributed by atoms with Crippen molar-refractivity contribution in [2.24, 2.45) is 0 Å². The Hall–Kier alpha value is -0.0600. The molecule has 0 unspecified atom stereocenters. The lowest BCUT2D eigenvalue weighted by atomic mass is 10.3. The molecule has 0 radical (unpaired) electrons. The molecule has 60 valence electrons. The predicted octanol–water partition coefficient (Wildman–Crippen LogP) is 1.84. The first-order valence-corrected chi connectivity index (χ1v) is 4.78. The van der Waals surface area contributed by atoms with E-state index >= 15 is 0 Å². The van der Waals surface area contributed by atoms with Crippen molar-refractivity contribution in [3.8, 4) is 0 Å². The third-order valence-corrected chi connectivity index (χ3v) is 2.52. The van der Waals surface area contributed by atoms with Crippen LogP contribution in [0.4, 0.5) is 0 Å². The van der Waals surface area contributed by atoms with Crippen LogP contribution in [0, 0.1) is 0 Å². The van der Waals surface area contributed by atoms with Gasteiger partial charge in [0.25, 0.3) is 0 Å². The van der Waals surface area contributed by atoms with Gasteiger partial charge in [-0.25, -0.2) is 4.98 Å². The minimum atomic E-state index is 0.0688. The number of hydrogen-bond donors (Lipinski definition) is 1. The summed E-state index contributed by atoms with van der Waals surface area (Å²) in [6.07, 6.45) is 1.90. The van der Waals surface area contributed by atoms with Crippen LogP contribution in [0.1, 0.15) is 5.01 Å². The quantitative estimate of drug-likeness (QED) is 0.767. The van der Waals surface area contributed by atoms with Crippen molar-refractivity contribution in [3.63, 3.8) is 0 Å². The second-order valence-electron chi connectivity index (χ2n) is 1.93. The van der Waals surface area contributed by atoms with Gasteiger partial charge in [-0.1, -0.05) is 11.6 Å². The summed E-state index contributed by atoms with van der Waals surface area (Å²) in [4.78, 5) is 14.8. The monoisotopic (exact) mass is 207 g/mol. The van der Waals surface area contributed by atoms with E-state index in [9.17, 15) is 4.79 Å². The van der Waals surface area contributed by atoms with Crippen LogP contribution in [0.15, 0.2) is 6.20 Å². The van der Waals surface area contributed by atoms with Gasteiger partial charge < -0.3 is 0 Å². The number of carbonyl (C=O) groups is 1. The highest BCUT2D eigenvalue weighted by Crippen LogP contribution is 2.18. The van der Waals surface area contributed by atoms with Crippen molar-refractivity contribution < 1.29 is 4.79 Å². The van der Waals surface area contributed by atoms with Crippen LogP contribution in [0.25, 0.3) is 0 Å². The zero-order valence-electron chi connectivity index (χ0n) is 5.58. The van der Waals surface area contributed by atoms with Gasteiger partial charge in [0, 0.05) is 5.75 Å². The number of nitrogens with zero attached hydrogens (tertiary/aromatic N) is 1. The fraction of sp³-hybridized carbons (Fsp3) is 0.333. The van der Waals surface area contributed by atoms with Gasteiger partial charge in [0.1, 0.15) is 15.1 Å². The molecule has 0 fully saturated rings. The largest absolute Gasteiger partial charge is 0.298 e. The molecule has 0 aromatic carbocycles. The first-order valence-electron chi connectivity index (χ1n) is 2.95. The molecule has 0 aliphatic carbocycles. The third kappa shape index (κ3) is 2.81. The molecule has 0 saturated carbocycles. The Morgan fingerprint density at radius 3 is 3.00 bits per heavy atom. The molecule has 0 N–H and O–H groups in total. The van der Waals surface area contributed by atoms with E-state index in [0.29, 0.717) is 10.8 Å². The SMILES string of the molecule is O=C(CS)Cc1ncc(Cl)s1. The highest BCUT2D eigenvalue weighted by atomic mass is 35.5. The Morgan fingerprint density at radius 1 is 1.82 bits per heavy atom. The van der Waals surface area contributed by atoms with E-state index < -0.39 is 0 Å². The molecular weight excluding hydrogens is 202 g/mol. The Balaban J connectivity index is 2.57. The minimum Gasteiger partial charge on any atom is -0.298 e. The summed E-state index contributed by atoms with van der Waals surface area (Å²) in [5.74, 6) is 0.330. The lowest BCUT2D eigenvalue weighted by Crippen LogP contribution is -2.02. The van der Waals surface area contributed by atoms with Crippen LogP contribution in [0.5, 0.6) is 0 Å². The molecular formula is C6H6ClNOS2. The van der Waals surface area contributed by atoms with Gasteiger partial charge in [-0.3, -0.25) is 4.79 Å². The zero-order chi connectivity index (χ0) is 8.27. The van der Waals surface area contributed by atoms with Gasteiger partial charge in [0.15, 0.2) is 0 Å². The van der Waals surface area contributed by atoms with Crippen LogP contribution in [0.2, 0.25) is 4.34 Å². The fourth-order valence-corrected chi connectivity index (χ4v) is 1.69. The molecule has 0 aliphatic rings. The van der Waals surface area contributed by atoms with Gasteiger partial charge in [-0.05, 0) is 0 Å². The third-order valence-electron chi connectivity index (χ3n) is 1.05. The van der Waals surface area contributed by atoms with E-state index in [-0.39, 0.29) is 11.5 Å². The second-order valence-corrected chi connectivity index (χ2v) is 3.99. The van der Waals surface area contributed by atoms with Crippen molar-refractivity contribution in [1.82, 2.24) is 4.98 Å². The number of carbonyl (C=O) groups excluding carboxylic acids is 1. The van der Waals surface area contributed by atoms with Crippen LogP contribution >= 0.6 is 35.6 Å². The van der Waals surface area contributed by atoms with Crippen LogP contribution in [-0.4, -0.2) is 16.5 Å². The molecule has 0 amide bonds. The van der Waals surface area contributed by atoms with Crippen LogP contribution < -0.4 is 0 Å². The molecule has 1 aromatic rings. The summed E-state index contributed by atoms with van der Waals surface area (Å²) in [6.45, 7) is 0. The number of thiol groups is 1. The normalized spacial score (nSPS) is 10.0. The first-order chi connectivity index (χ1) is 5.22. The maximum Gasteiger partial charge on any atom is 0.149 e. The molecule has 2 nitrogen and oxygen atoms in total. The van der Waals surface area contributed by atoms with E-state index in [2.05, 4.69) is 17.6 Å². The van der Waals surface area contributed by atoms with Crippen molar-refractivity contribution >= 4 is 41.3 Å². The Bertz CT molecular complexity index is 261. The number of thiazole rings is 1. The molecule has 0 spiro atoms. The average molecular weight is 208 g/mol. The van der Waals surface area contributed by atoms with Crippen molar-refractivity contribution in [1.29, 1.82) is 0 Å². The number of Topliss-reactive ketones (excluding diaryl/α,β-unsaturated/α-hetero) is 1. The van der Waals surface area contributed by atoms with E-state index in [1.807, 2.05) is 0 Å². The van der Waals surface area contributed by atoms with Crippen molar-refractivity contribution in [3.05, 3.63) is 15.5 Å². The molecule has 1 heterocycles. The summed E-state index contributed by atoms with van der Waals surface area (Å²) in [7, 11) is 0. The fourth-order valence-electron chi connectivity index (χ4n) is 0.594. The van der Waals surface area contributed by atoms with Gasteiger partial charge in [0.2, 0.25) is 0 Å². The number of halogens is 1. The summed E-state index contributed by atoms with van der Waals surface area (Å²) < 4.78 is 0.618. The first kappa shape index (κ1) is 9.03. The minimum absolute atomic E-state index is 0.0688. The Labute approximate surface area is 79.0 Å². The number of rotatable bonds is 3. The topological polar surface area (TPSA) is 30.0 Å². The second kappa shape index (κ2) is 4.09. The maximum atomic E-state index is 10.8. The molecule has 0 bridgehead atoms. The highest BCUT2D eigenvalue weighted by Gasteiger charge is 2.04. The molecule has 1 aromatic heterocycles. The molecule has 1 rings (SSSR count). The summed E-state index contributed by atoms with van der Waals surface area (Å²) in [6, 6.07) is 0. The number of aromatic nitrogens is 1. The molecule has 5 heteroatoms. The smallest absolute Gasteiger partial charge is 0.149 e. The number of ketones is 1. The zero-order valence-corrected chi connectivity index (χ0v) is 8.05. The van der Waals surface area contributed by atoms with E-state index in [1.165, 1.54) is 11.3 Å². The van der Waals surface area contributed by atoms with Crippen molar-refractivity contribution in [2.45, 2.75) is 6.42 Å². The van der Waals surface area contributed by atoms with Gasteiger partial charge in [0.05, 0.1) is 12.6 Å².